The van der Waals surface area contributed by atoms with E-state index in [0.29, 0.717) is 48.8 Å². The van der Waals surface area contributed by atoms with Crippen molar-refractivity contribution >= 4 is 17.7 Å². The van der Waals surface area contributed by atoms with Gasteiger partial charge in [-0.15, -0.1) is 11.8 Å². The first-order valence-corrected chi connectivity index (χ1v) is 11.2. The minimum Gasteiger partial charge on any atom is -0.478 e. The molecule has 1 unspecified atom stereocenters. The van der Waals surface area contributed by atoms with Crippen LogP contribution >= 0.6 is 11.8 Å². The highest BCUT2D eigenvalue weighted by Gasteiger charge is 2.37. The highest BCUT2D eigenvalue weighted by atomic mass is 32.2. The lowest BCUT2D eigenvalue weighted by atomic mass is 10.0. The summed E-state index contributed by atoms with van der Waals surface area (Å²) in [6.45, 7) is 7.90. The zero-order chi connectivity index (χ0) is 22.8. The summed E-state index contributed by atoms with van der Waals surface area (Å²) < 4.78 is 44.4. The second-order valence-corrected chi connectivity index (χ2v) is 9.01. The maximum Gasteiger partial charge on any atom is 0.416 e. The van der Waals surface area contributed by atoms with E-state index < -0.39 is 23.1 Å². The van der Waals surface area contributed by atoms with Gasteiger partial charge in [0.05, 0.1) is 30.4 Å². The minimum atomic E-state index is -4.39. The van der Waals surface area contributed by atoms with Crippen LogP contribution in [0.4, 0.5) is 13.2 Å². The number of nitrogens with zero attached hydrogens (tertiary/aromatic N) is 2. The standard InChI is InChI=1S/C22H27F3N2O3S/c1-4-31-20-19(21(28)29)14(2)11-18(26-9-10-30-13-15(26)3)27(20)12-16-5-7-17(8-6-16)22(23,24)25/h5-8,11,15,20H,4,9-10,12-13H2,1-3H3,(H,28,29)/t15-,20?/m1/s1. The third-order valence-corrected chi connectivity index (χ3v) is 6.59. The van der Waals surface area contributed by atoms with E-state index in [1.165, 1.54) is 23.9 Å². The third-order valence-electron chi connectivity index (χ3n) is 5.45. The van der Waals surface area contributed by atoms with E-state index in [-0.39, 0.29) is 6.04 Å². The lowest BCUT2D eigenvalue weighted by Gasteiger charge is -2.46. The molecule has 1 saturated heterocycles. The predicted octanol–water partition coefficient (Wildman–Crippen LogP) is 4.56. The summed E-state index contributed by atoms with van der Waals surface area (Å²) in [5, 5.41) is 9.43. The summed E-state index contributed by atoms with van der Waals surface area (Å²) in [5.74, 6) is 0.597. The molecular formula is C22H27F3N2O3S. The fourth-order valence-corrected chi connectivity index (χ4v) is 5.04. The first kappa shape index (κ1) is 23.5. The number of carbonyl (C=O) groups is 1. The van der Waals surface area contributed by atoms with E-state index in [1.807, 2.05) is 24.8 Å². The van der Waals surface area contributed by atoms with Crippen molar-refractivity contribution in [3.8, 4) is 0 Å². The Bertz CT molecular complexity index is 868. The van der Waals surface area contributed by atoms with E-state index in [1.54, 1.807) is 6.92 Å². The lowest BCUT2D eigenvalue weighted by molar-refractivity contribution is -0.137. The van der Waals surface area contributed by atoms with Crippen LogP contribution in [0, 0.1) is 0 Å². The number of benzene rings is 1. The minimum absolute atomic E-state index is 0.0987. The van der Waals surface area contributed by atoms with Crippen LogP contribution in [0.3, 0.4) is 0 Å². The van der Waals surface area contributed by atoms with Gasteiger partial charge in [0, 0.05) is 13.1 Å². The average molecular weight is 457 g/mol. The molecule has 0 radical (unpaired) electrons. The van der Waals surface area contributed by atoms with Gasteiger partial charge in [-0.3, -0.25) is 0 Å². The molecule has 2 aliphatic rings. The predicted molar refractivity (Wildman–Crippen MR) is 114 cm³/mol. The van der Waals surface area contributed by atoms with Crippen LogP contribution in [0.1, 0.15) is 31.9 Å². The quantitative estimate of drug-likeness (QED) is 0.677. The van der Waals surface area contributed by atoms with Crippen LogP contribution in [-0.2, 0) is 22.3 Å². The molecule has 0 amide bonds. The van der Waals surface area contributed by atoms with Gasteiger partial charge in [0.2, 0.25) is 0 Å². The first-order chi connectivity index (χ1) is 14.6. The third kappa shape index (κ3) is 5.20. The van der Waals surface area contributed by atoms with Gasteiger partial charge in [-0.1, -0.05) is 19.1 Å². The van der Waals surface area contributed by atoms with Gasteiger partial charge in [-0.05, 0) is 48.9 Å². The molecule has 170 valence electrons. The Balaban J connectivity index is 2.01. The molecule has 3 rings (SSSR count). The van der Waals surface area contributed by atoms with E-state index in [4.69, 9.17) is 4.74 Å². The van der Waals surface area contributed by atoms with Crippen molar-refractivity contribution in [1.82, 2.24) is 9.80 Å². The zero-order valence-corrected chi connectivity index (χ0v) is 18.6. The monoisotopic (exact) mass is 456 g/mol. The SMILES string of the molecule is CCSC1C(C(=O)O)=C(C)C=C(N2CCOC[C@H]2C)N1Cc1ccc(C(F)(F)F)cc1. The molecule has 31 heavy (non-hydrogen) atoms. The molecule has 1 aromatic rings. The normalized spacial score (nSPS) is 22.6. The van der Waals surface area contributed by atoms with Gasteiger partial charge in [0.15, 0.2) is 0 Å². The van der Waals surface area contributed by atoms with E-state index in [0.717, 1.165) is 18.0 Å². The highest BCUT2D eigenvalue weighted by Crippen LogP contribution is 2.37. The molecule has 5 nitrogen and oxygen atoms in total. The van der Waals surface area contributed by atoms with Crippen LogP contribution in [0.25, 0.3) is 0 Å². The molecule has 2 atom stereocenters. The van der Waals surface area contributed by atoms with Crippen LogP contribution < -0.4 is 0 Å². The van der Waals surface area contributed by atoms with Crippen molar-refractivity contribution in [2.45, 2.75) is 44.9 Å². The number of carboxylic acids is 1. The molecule has 1 N–H and O–H groups in total. The molecule has 0 spiro atoms. The summed E-state index contributed by atoms with van der Waals surface area (Å²) >= 11 is 1.50. The molecular weight excluding hydrogens is 429 g/mol. The van der Waals surface area contributed by atoms with E-state index in [9.17, 15) is 23.1 Å². The summed E-state index contributed by atoms with van der Waals surface area (Å²) in [7, 11) is 0. The van der Waals surface area contributed by atoms with Crippen molar-refractivity contribution in [2.24, 2.45) is 0 Å². The fourth-order valence-electron chi connectivity index (χ4n) is 3.91. The molecule has 0 aromatic heterocycles. The molecule has 2 heterocycles. The Morgan fingerprint density at radius 1 is 1.29 bits per heavy atom. The summed E-state index contributed by atoms with van der Waals surface area (Å²) in [6, 6.07) is 5.16. The molecule has 2 aliphatic heterocycles. The summed E-state index contributed by atoms with van der Waals surface area (Å²) in [6.07, 6.45) is -2.52. The van der Waals surface area contributed by atoms with Crippen molar-refractivity contribution in [1.29, 1.82) is 0 Å². The zero-order valence-electron chi connectivity index (χ0n) is 17.8. The van der Waals surface area contributed by atoms with Gasteiger partial charge in [-0.2, -0.15) is 13.2 Å². The number of allylic oxidation sites excluding steroid dienone is 2. The topological polar surface area (TPSA) is 53.0 Å². The number of carboxylic acid groups (broad SMARTS) is 1. The maximum absolute atomic E-state index is 13.0. The number of rotatable bonds is 6. The van der Waals surface area contributed by atoms with Crippen molar-refractivity contribution < 1.29 is 27.8 Å². The smallest absolute Gasteiger partial charge is 0.416 e. The average Bonchev–Trinajstić information content (AvgIpc) is 2.70. The number of aliphatic carboxylic acids is 1. The Morgan fingerprint density at radius 2 is 1.97 bits per heavy atom. The number of thioether (sulfide) groups is 1. The number of halogens is 3. The number of morpholine rings is 1. The van der Waals surface area contributed by atoms with Crippen LogP contribution in [-0.4, -0.2) is 57.8 Å². The van der Waals surface area contributed by atoms with Gasteiger partial charge in [0.1, 0.15) is 11.2 Å². The first-order valence-electron chi connectivity index (χ1n) is 10.2. The Morgan fingerprint density at radius 3 is 2.52 bits per heavy atom. The summed E-state index contributed by atoms with van der Waals surface area (Å²) in [4.78, 5) is 16.3. The van der Waals surface area contributed by atoms with Gasteiger partial charge >= 0.3 is 12.1 Å². The number of ether oxygens (including phenoxy) is 1. The molecule has 1 fully saturated rings. The fraction of sp³-hybridized carbons (Fsp3) is 0.500. The number of hydrogen-bond donors (Lipinski definition) is 1. The Kier molecular flexibility index (Phi) is 7.26. The van der Waals surface area contributed by atoms with E-state index in [2.05, 4.69) is 4.90 Å². The van der Waals surface area contributed by atoms with Crippen molar-refractivity contribution in [3.63, 3.8) is 0 Å². The van der Waals surface area contributed by atoms with Gasteiger partial charge in [-0.25, -0.2) is 4.79 Å². The van der Waals surface area contributed by atoms with E-state index >= 15 is 0 Å². The number of hydrogen-bond acceptors (Lipinski definition) is 5. The molecule has 9 heteroatoms. The summed E-state index contributed by atoms with van der Waals surface area (Å²) in [5.41, 5.74) is 0.985. The van der Waals surface area contributed by atoms with Gasteiger partial charge in [0.25, 0.3) is 0 Å². The molecule has 0 saturated carbocycles. The maximum atomic E-state index is 13.0. The Labute approximate surface area is 184 Å². The molecule has 0 aliphatic carbocycles. The highest BCUT2D eigenvalue weighted by molar-refractivity contribution is 8.00. The van der Waals surface area contributed by atoms with Crippen molar-refractivity contribution in [2.75, 3.05) is 25.5 Å². The second kappa shape index (κ2) is 9.56. The van der Waals surface area contributed by atoms with Gasteiger partial charge < -0.3 is 19.6 Å². The molecule has 1 aromatic carbocycles. The van der Waals surface area contributed by atoms with Crippen molar-refractivity contribution in [3.05, 3.63) is 58.4 Å². The van der Waals surface area contributed by atoms with Crippen LogP contribution in [0.15, 0.2) is 47.3 Å². The largest absolute Gasteiger partial charge is 0.478 e. The van der Waals surface area contributed by atoms with Crippen LogP contribution in [0.2, 0.25) is 0 Å². The second-order valence-electron chi connectivity index (χ2n) is 7.65. The van der Waals surface area contributed by atoms with Crippen LogP contribution in [0.5, 0.6) is 0 Å². The lowest BCUT2D eigenvalue weighted by Crippen LogP contribution is -2.51. The molecule has 0 bridgehead atoms. The number of alkyl halides is 3. The Hall–Kier alpha value is -2.13.